The van der Waals surface area contributed by atoms with Gasteiger partial charge >= 0.3 is 0 Å². The quantitative estimate of drug-likeness (QED) is 0.641. The van der Waals surface area contributed by atoms with Crippen LogP contribution in [0.4, 0.5) is 11.4 Å². The molecule has 0 aliphatic rings. The van der Waals surface area contributed by atoms with E-state index in [-0.39, 0.29) is 11.5 Å². The average molecular weight is 286 g/mol. The Morgan fingerprint density at radius 1 is 1.52 bits per heavy atom. The third kappa shape index (κ3) is 3.33. The normalized spacial score (nSPS) is 10.1. The van der Waals surface area contributed by atoms with Gasteiger partial charge in [0.2, 0.25) is 0 Å². The van der Waals surface area contributed by atoms with Crippen LogP contribution in [0.5, 0.6) is 0 Å². The minimum atomic E-state index is -0.413. The molecule has 2 rings (SSSR count). The SMILES string of the molecule is CCCNc1c(Cn2cnc(C#N)n2)cccc1[N+](=O)[O-]. The molecule has 0 bridgehead atoms. The Kier molecular flexibility index (Phi) is 4.46. The minimum absolute atomic E-state index is 0.0292. The van der Waals surface area contributed by atoms with Gasteiger partial charge in [0, 0.05) is 18.2 Å². The van der Waals surface area contributed by atoms with Crippen LogP contribution in [0.25, 0.3) is 0 Å². The zero-order chi connectivity index (χ0) is 15.2. The molecule has 0 spiro atoms. The van der Waals surface area contributed by atoms with Crippen LogP contribution in [0.3, 0.4) is 0 Å². The summed E-state index contributed by atoms with van der Waals surface area (Å²) < 4.78 is 1.48. The summed E-state index contributed by atoms with van der Waals surface area (Å²) in [4.78, 5) is 14.5. The van der Waals surface area contributed by atoms with E-state index in [9.17, 15) is 10.1 Å². The van der Waals surface area contributed by atoms with E-state index in [0.717, 1.165) is 12.0 Å². The number of anilines is 1. The fraction of sp³-hybridized carbons (Fsp3) is 0.308. The van der Waals surface area contributed by atoms with Crippen molar-refractivity contribution in [2.45, 2.75) is 19.9 Å². The monoisotopic (exact) mass is 286 g/mol. The smallest absolute Gasteiger partial charge is 0.292 e. The van der Waals surface area contributed by atoms with Crippen molar-refractivity contribution >= 4 is 11.4 Å². The molecule has 0 amide bonds. The third-order valence-corrected chi connectivity index (χ3v) is 2.85. The van der Waals surface area contributed by atoms with Crippen LogP contribution in [-0.4, -0.2) is 26.2 Å². The van der Waals surface area contributed by atoms with E-state index < -0.39 is 4.92 Å². The number of hydrogen-bond donors (Lipinski definition) is 1. The van der Waals surface area contributed by atoms with Gasteiger partial charge < -0.3 is 5.32 Å². The van der Waals surface area contributed by atoms with Crippen LogP contribution >= 0.6 is 0 Å². The number of para-hydroxylation sites is 1. The van der Waals surface area contributed by atoms with Crippen molar-refractivity contribution < 1.29 is 4.92 Å². The van der Waals surface area contributed by atoms with Crippen LogP contribution in [-0.2, 0) is 6.54 Å². The summed E-state index contributed by atoms with van der Waals surface area (Å²) in [6.45, 7) is 2.93. The van der Waals surface area contributed by atoms with Crippen LogP contribution < -0.4 is 5.32 Å². The second kappa shape index (κ2) is 6.47. The molecule has 8 nitrogen and oxygen atoms in total. The zero-order valence-electron chi connectivity index (χ0n) is 11.5. The molecule has 1 aromatic carbocycles. The maximum atomic E-state index is 11.1. The summed E-state index contributed by atoms with van der Waals surface area (Å²) in [5.41, 5.74) is 1.24. The van der Waals surface area contributed by atoms with Gasteiger partial charge in [-0.25, -0.2) is 9.67 Å². The minimum Gasteiger partial charge on any atom is -0.379 e. The Morgan fingerprint density at radius 2 is 2.33 bits per heavy atom. The number of rotatable bonds is 6. The maximum absolute atomic E-state index is 11.1. The number of nitrogens with one attached hydrogen (secondary N) is 1. The molecule has 0 saturated carbocycles. The van der Waals surface area contributed by atoms with Gasteiger partial charge in [-0.3, -0.25) is 10.1 Å². The fourth-order valence-corrected chi connectivity index (χ4v) is 1.92. The molecule has 108 valence electrons. The molecule has 0 fully saturated rings. The fourth-order valence-electron chi connectivity index (χ4n) is 1.92. The van der Waals surface area contributed by atoms with Crippen LogP contribution in [0.1, 0.15) is 24.7 Å². The maximum Gasteiger partial charge on any atom is 0.292 e. The molecule has 0 aliphatic carbocycles. The second-order valence-electron chi connectivity index (χ2n) is 4.37. The summed E-state index contributed by atoms with van der Waals surface area (Å²) in [5, 5.41) is 26.9. The lowest BCUT2D eigenvalue weighted by Gasteiger charge is -2.11. The lowest BCUT2D eigenvalue weighted by atomic mass is 10.1. The van der Waals surface area contributed by atoms with Gasteiger partial charge in [-0.15, -0.1) is 5.10 Å². The molecule has 1 aromatic heterocycles. The Morgan fingerprint density at radius 3 is 2.95 bits per heavy atom. The summed E-state index contributed by atoms with van der Waals surface area (Å²) in [6, 6.07) is 6.73. The highest BCUT2D eigenvalue weighted by atomic mass is 16.6. The summed E-state index contributed by atoms with van der Waals surface area (Å²) in [6.07, 6.45) is 2.29. The number of nitrogens with zero attached hydrogens (tertiary/aromatic N) is 5. The Labute approximate surface area is 121 Å². The van der Waals surface area contributed by atoms with Crippen molar-refractivity contribution in [1.29, 1.82) is 5.26 Å². The van der Waals surface area contributed by atoms with Crippen molar-refractivity contribution in [3.8, 4) is 6.07 Å². The number of nitriles is 1. The number of aromatic nitrogens is 3. The first kappa shape index (κ1) is 14.5. The van der Waals surface area contributed by atoms with Crippen molar-refractivity contribution in [2.75, 3.05) is 11.9 Å². The highest BCUT2D eigenvalue weighted by molar-refractivity contribution is 5.66. The molecular weight excluding hydrogens is 272 g/mol. The van der Waals surface area contributed by atoms with Crippen LogP contribution in [0.2, 0.25) is 0 Å². The molecule has 8 heteroatoms. The van der Waals surface area contributed by atoms with Crippen LogP contribution in [0.15, 0.2) is 24.5 Å². The first-order chi connectivity index (χ1) is 10.2. The molecule has 0 atom stereocenters. The van der Waals surface area contributed by atoms with E-state index in [1.165, 1.54) is 17.1 Å². The van der Waals surface area contributed by atoms with Gasteiger partial charge in [0.1, 0.15) is 18.1 Å². The van der Waals surface area contributed by atoms with Crippen molar-refractivity contribution in [2.24, 2.45) is 0 Å². The lowest BCUT2D eigenvalue weighted by Crippen LogP contribution is -2.09. The highest BCUT2D eigenvalue weighted by Crippen LogP contribution is 2.28. The highest BCUT2D eigenvalue weighted by Gasteiger charge is 2.17. The lowest BCUT2D eigenvalue weighted by molar-refractivity contribution is -0.384. The van der Waals surface area contributed by atoms with E-state index >= 15 is 0 Å². The molecule has 0 saturated heterocycles. The van der Waals surface area contributed by atoms with E-state index in [4.69, 9.17) is 5.26 Å². The summed E-state index contributed by atoms with van der Waals surface area (Å²) >= 11 is 0. The first-order valence-electron chi connectivity index (χ1n) is 6.45. The van der Waals surface area contributed by atoms with E-state index in [1.54, 1.807) is 12.1 Å². The standard InChI is InChI=1S/C13H14N6O2/c1-2-6-15-13-10(4-3-5-11(13)19(20)21)8-18-9-16-12(7-14)17-18/h3-5,9,15H,2,6,8H2,1H3. The van der Waals surface area contributed by atoms with Gasteiger partial charge in [-0.05, 0) is 6.42 Å². The molecule has 1 heterocycles. The van der Waals surface area contributed by atoms with Crippen molar-refractivity contribution in [1.82, 2.24) is 14.8 Å². The predicted molar refractivity (Wildman–Crippen MR) is 75.7 cm³/mol. The third-order valence-electron chi connectivity index (χ3n) is 2.85. The van der Waals surface area contributed by atoms with Gasteiger partial charge in [0.25, 0.3) is 11.5 Å². The van der Waals surface area contributed by atoms with Crippen molar-refractivity contribution in [3.63, 3.8) is 0 Å². The first-order valence-corrected chi connectivity index (χ1v) is 6.45. The number of nitro benzene ring substituents is 1. The largest absolute Gasteiger partial charge is 0.379 e. The molecule has 0 aliphatic heterocycles. The number of nitro groups is 1. The van der Waals surface area contributed by atoms with Crippen LogP contribution in [0, 0.1) is 21.4 Å². The van der Waals surface area contributed by atoms with Gasteiger partial charge in [0.05, 0.1) is 11.5 Å². The molecular formula is C13H14N6O2. The number of benzene rings is 1. The van der Waals surface area contributed by atoms with Crippen molar-refractivity contribution in [3.05, 3.63) is 46.0 Å². The van der Waals surface area contributed by atoms with Gasteiger partial charge in [-0.1, -0.05) is 19.1 Å². The molecule has 0 radical (unpaired) electrons. The van der Waals surface area contributed by atoms with E-state index in [1.807, 2.05) is 13.0 Å². The van der Waals surface area contributed by atoms with E-state index in [2.05, 4.69) is 15.4 Å². The molecule has 0 unspecified atom stereocenters. The molecule has 21 heavy (non-hydrogen) atoms. The summed E-state index contributed by atoms with van der Waals surface area (Å²) in [5.74, 6) is 0.0727. The Bertz CT molecular complexity index is 688. The number of hydrogen-bond acceptors (Lipinski definition) is 6. The summed E-state index contributed by atoms with van der Waals surface area (Å²) in [7, 11) is 0. The van der Waals surface area contributed by atoms with E-state index in [0.29, 0.717) is 18.8 Å². The Hall–Kier alpha value is -2.95. The topological polar surface area (TPSA) is 110 Å². The second-order valence-corrected chi connectivity index (χ2v) is 4.37. The molecule has 2 aromatic rings. The zero-order valence-corrected chi connectivity index (χ0v) is 11.5. The van der Waals surface area contributed by atoms with Gasteiger partial charge in [0.15, 0.2) is 0 Å². The van der Waals surface area contributed by atoms with Gasteiger partial charge in [-0.2, -0.15) is 5.26 Å². The predicted octanol–water partition coefficient (Wildman–Crippen LogP) is 1.93. The Balaban J connectivity index is 2.35. The average Bonchev–Trinajstić information content (AvgIpc) is 2.93. The molecule has 1 N–H and O–H groups in total.